The average molecular weight is 390 g/mol. The molecule has 1 amide bonds. The molecule has 1 atom stereocenters. The number of morpholine rings is 1. The van der Waals surface area contributed by atoms with Crippen LogP contribution < -0.4 is 10.1 Å². The van der Waals surface area contributed by atoms with Crippen molar-refractivity contribution in [2.75, 3.05) is 25.0 Å². The largest absolute Gasteiger partial charge is 0.438 e. The van der Waals surface area contributed by atoms with Gasteiger partial charge in [-0.2, -0.15) is 0 Å². The van der Waals surface area contributed by atoms with Gasteiger partial charge in [0.1, 0.15) is 17.1 Å². The molecule has 3 heterocycles. The SMILES string of the molecule is C[C@@H]1CN(C(=O)c2cccnc2Oc2ccc(Nc3ccccn3)cc2)CCO1. The topological polar surface area (TPSA) is 76.6 Å². The van der Waals surface area contributed by atoms with Crippen LogP contribution in [0.2, 0.25) is 0 Å². The van der Waals surface area contributed by atoms with Gasteiger partial charge in [-0.3, -0.25) is 4.79 Å². The van der Waals surface area contributed by atoms with Gasteiger partial charge < -0.3 is 19.7 Å². The smallest absolute Gasteiger partial charge is 0.259 e. The van der Waals surface area contributed by atoms with Crippen molar-refractivity contribution in [1.82, 2.24) is 14.9 Å². The highest BCUT2D eigenvalue weighted by Crippen LogP contribution is 2.26. The van der Waals surface area contributed by atoms with Crippen molar-refractivity contribution < 1.29 is 14.3 Å². The van der Waals surface area contributed by atoms with Crippen molar-refractivity contribution in [3.63, 3.8) is 0 Å². The molecule has 3 aromatic rings. The molecule has 2 aromatic heterocycles. The van der Waals surface area contributed by atoms with E-state index in [-0.39, 0.29) is 12.0 Å². The zero-order valence-electron chi connectivity index (χ0n) is 16.1. The number of benzene rings is 1. The number of nitrogens with one attached hydrogen (secondary N) is 1. The van der Waals surface area contributed by atoms with Crippen molar-refractivity contribution in [2.45, 2.75) is 13.0 Å². The van der Waals surface area contributed by atoms with Crippen LogP contribution in [-0.4, -0.2) is 46.6 Å². The Hall–Kier alpha value is -3.45. The van der Waals surface area contributed by atoms with Crippen LogP contribution in [-0.2, 0) is 4.74 Å². The minimum atomic E-state index is -0.100. The van der Waals surface area contributed by atoms with Crippen LogP contribution in [0.5, 0.6) is 11.6 Å². The summed E-state index contributed by atoms with van der Waals surface area (Å²) in [6.45, 7) is 3.61. The number of amides is 1. The second-order valence-electron chi connectivity index (χ2n) is 6.76. The van der Waals surface area contributed by atoms with Gasteiger partial charge in [0.05, 0.1) is 12.7 Å². The van der Waals surface area contributed by atoms with Gasteiger partial charge in [-0.15, -0.1) is 0 Å². The lowest BCUT2D eigenvalue weighted by molar-refractivity contribution is -0.0125. The number of nitrogens with zero attached hydrogens (tertiary/aromatic N) is 3. The van der Waals surface area contributed by atoms with E-state index < -0.39 is 0 Å². The Bertz CT molecular complexity index is 963. The van der Waals surface area contributed by atoms with Crippen LogP contribution >= 0.6 is 0 Å². The third kappa shape index (κ3) is 4.70. The van der Waals surface area contributed by atoms with Gasteiger partial charge in [0.2, 0.25) is 5.88 Å². The van der Waals surface area contributed by atoms with E-state index in [9.17, 15) is 4.79 Å². The predicted molar refractivity (Wildman–Crippen MR) is 110 cm³/mol. The van der Waals surface area contributed by atoms with Crippen molar-refractivity contribution >= 4 is 17.4 Å². The lowest BCUT2D eigenvalue weighted by Gasteiger charge is -2.31. The van der Waals surface area contributed by atoms with Gasteiger partial charge >= 0.3 is 0 Å². The highest BCUT2D eigenvalue weighted by atomic mass is 16.5. The number of anilines is 2. The van der Waals surface area contributed by atoms with Gasteiger partial charge in [-0.05, 0) is 55.5 Å². The Balaban J connectivity index is 1.47. The number of rotatable bonds is 5. The molecule has 29 heavy (non-hydrogen) atoms. The van der Waals surface area contributed by atoms with Crippen molar-refractivity contribution in [3.05, 3.63) is 72.6 Å². The third-order valence-electron chi connectivity index (χ3n) is 4.54. The molecule has 1 fully saturated rings. The molecule has 148 valence electrons. The van der Waals surface area contributed by atoms with Crippen molar-refractivity contribution in [1.29, 1.82) is 0 Å². The second-order valence-corrected chi connectivity index (χ2v) is 6.76. The molecule has 1 aromatic carbocycles. The molecule has 1 saturated heterocycles. The number of pyridine rings is 2. The summed E-state index contributed by atoms with van der Waals surface area (Å²) in [5, 5.41) is 3.22. The summed E-state index contributed by atoms with van der Waals surface area (Å²) in [7, 11) is 0. The fourth-order valence-electron chi connectivity index (χ4n) is 3.11. The third-order valence-corrected chi connectivity index (χ3v) is 4.54. The summed E-state index contributed by atoms with van der Waals surface area (Å²) < 4.78 is 11.4. The van der Waals surface area contributed by atoms with E-state index in [0.717, 1.165) is 11.5 Å². The molecule has 1 aliphatic heterocycles. The maximum atomic E-state index is 12.9. The van der Waals surface area contributed by atoms with Crippen molar-refractivity contribution in [2.24, 2.45) is 0 Å². The first kappa shape index (κ1) is 18.9. The van der Waals surface area contributed by atoms with Crippen LogP contribution in [0.25, 0.3) is 0 Å². The number of hydrogen-bond donors (Lipinski definition) is 1. The second kappa shape index (κ2) is 8.70. The summed E-state index contributed by atoms with van der Waals surface area (Å²) in [5.41, 5.74) is 1.33. The van der Waals surface area contributed by atoms with Gasteiger partial charge in [0.25, 0.3) is 5.91 Å². The molecule has 7 nitrogen and oxygen atoms in total. The normalized spacial score (nSPS) is 16.3. The van der Waals surface area contributed by atoms with E-state index in [2.05, 4.69) is 15.3 Å². The standard InChI is InChI=1S/C22H22N4O3/c1-16-15-26(13-14-28-16)22(27)19-5-4-12-24-21(19)29-18-9-7-17(8-10-18)25-20-6-2-3-11-23-20/h2-12,16H,13-15H2,1H3,(H,23,25)/t16-/m1/s1. The molecule has 1 aliphatic rings. The maximum absolute atomic E-state index is 12.9. The highest BCUT2D eigenvalue weighted by Gasteiger charge is 2.25. The highest BCUT2D eigenvalue weighted by molar-refractivity contribution is 5.96. The maximum Gasteiger partial charge on any atom is 0.259 e. The van der Waals surface area contributed by atoms with Gasteiger partial charge in [0, 0.05) is 31.2 Å². The zero-order chi connectivity index (χ0) is 20.1. The van der Waals surface area contributed by atoms with E-state index >= 15 is 0 Å². The molecule has 1 N–H and O–H groups in total. The van der Waals surface area contributed by atoms with Gasteiger partial charge in [0.15, 0.2) is 0 Å². The molecular weight excluding hydrogens is 368 g/mol. The van der Waals surface area contributed by atoms with Gasteiger partial charge in [-0.25, -0.2) is 9.97 Å². The van der Waals surface area contributed by atoms with E-state index in [0.29, 0.717) is 36.9 Å². The molecule has 0 bridgehead atoms. The summed E-state index contributed by atoms with van der Waals surface area (Å²) in [5.74, 6) is 1.55. The molecule has 0 aliphatic carbocycles. The first-order valence-electron chi connectivity index (χ1n) is 9.51. The lowest BCUT2D eigenvalue weighted by Crippen LogP contribution is -2.44. The molecule has 0 radical (unpaired) electrons. The Labute approximate surface area is 169 Å². The summed E-state index contributed by atoms with van der Waals surface area (Å²) in [6, 6.07) is 16.6. The monoisotopic (exact) mass is 390 g/mol. The molecule has 7 heteroatoms. The van der Waals surface area contributed by atoms with E-state index in [4.69, 9.17) is 9.47 Å². The first-order chi connectivity index (χ1) is 14.2. The average Bonchev–Trinajstić information content (AvgIpc) is 2.76. The fraction of sp³-hybridized carbons (Fsp3) is 0.227. The minimum Gasteiger partial charge on any atom is -0.438 e. The minimum absolute atomic E-state index is 0.0212. The molecule has 0 unspecified atom stereocenters. The van der Waals surface area contributed by atoms with Crippen molar-refractivity contribution in [3.8, 4) is 11.6 Å². The van der Waals surface area contributed by atoms with E-state index in [1.54, 1.807) is 29.4 Å². The lowest BCUT2D eigenvalue weighted by atomic mass is 10.2. The number of hydrogen-bond acceptors (Lipinski definition) is 6. The molecular formula is C22H22N4O3. The summed E-state index contributed by atoms with van der Waals surface area (Å²) >= 11 is 0. The van der Waals surface area contributed by atoms with Crippen LogP contribution in [0.4, 0.5) is 11.5 Å². The predicted octanol–water partition coefficient (Wildman–Crippen LogP) is 3.87. The summed E-state index contributed by atoms with van der Waals surface area (Å²) in [6.07, 6.45) is 3.37. The molecule has 0 saturated carbocycles. The number of ether oxygens (including phenoxy) is 2. The van der Waals surface area contributed by atoms with E-state index in [1.165, 1.54) is 0 Å². The Morgan fingerprint density at radius 3 is 2.69 bits per heavy atom. The number of carbonyl (C=O) groups is 1. The van der Waals surface area contributed by atoms with Crippen LogP contribution in [0.15, 0.2) is 67.0 Å². The zero-order valence-corrected chi connectivity index (χ0v) is 16.1. The van der Waals surface area contributed by atoms with E-state index in [1.807, 2.05) is 49.4 Å². The summed E-state index contributed by atoms with van der Waals surface area (Å²) in [4.78, 5) is 23.2. The first-order valence-corrected chi connectivity index (χ1v) is 9.51. The van der Waals surface area contributed by atoms with Crippen LogP contribution in [0.1, 0.15) is 17.3 Å². The molecule has 4 rings (SSSR count). The molecule has 0 spiro atoms. The fourth-order valence-corrected chi connectivity index (χ4v) is 3.11. The Morgan fingerprint density at radius 2 is 1.93 bits per heavy atom. The number of aromatic nitrogens is 2. The van der Waals surface area contributed by atoms with Gasteiger partial charge in [-0.1, -0.05) is 6.07 Å². The Morgan fingerprint density at radius 1 is 1.10 bits per heavy atom. The quantitative estimate of drug-likeness (QED) is 0.713. The number of carbonyl (C=O) groups excluding carboxylic acids is 1. The van der Waals surface area contributed by atoms with Crippen LogP contribution in [0.3, 0.4) is 0 Å². The van der Waals surface area contributed by atoms with Crippen LogP contribution in [0, 0.1) is 0 Å². The Kier molecular flexibility index (Phi) is 5.67.